The quantitative estimate of drug-likeness (QED) is 0.262. The van der Waals surface area contributed by atoms with Crippen LogP contribution in [0.25, 0.3) is 15.6 Å². The number of rotatable bonds is 8. The van der Waals surface area contributed by atoms with E-state index in [0.717, 1.165) is 40.6 Å². The minimum atomic E-state index is -1.03. The summed E-state index contributed by atoms with van der Waals surface area (Å²) < 4.78 is 32.1. The van der Waals surface area contributed by atoms with Crippen LogP contribution in [-0.4, -0.2) is 97.4 Å². The molecule has 0 saturated carbocycles. The number of carbonyl (C=O) groups excluding carboxylic acids is 1. The smallest absolute Gasteiger partial charge is 0.318 e. The van der Waals surface area contributed by atoms with Crippen molar-refractivity contribution >= 4 is 34.1 Å². The van der Waals surface area contributed by atoms with E-state index in [1.807, 2.05) is 48.3 Å². The molecule has 6 rings (SSSR count). The molecule has 2 fully saturated rings. The molecule has 45 heavy (non-hydrogen) atoms. The van der Waals surface area contributed by atoms with Gasteiger partial charge in [0.25, 0.3) is 5.91 Å². The van der Waals surface area contributed by atoms with Crippen molar-refractivity contribution in [3.05, 3.63) is 82.1 Å². The predicted octanol–water partition coefficient (Wildman–Crippen LogP) is 4.61. The number of carbonyl (C=O) groups is 1. The molecule has 0 spiro atoms. The highest BCUT2D eigenvalue weighted by Crippen LogP contribution is 2.39. The number of ether oxygens (including phenoxy) is 3. The van der Waals surface area contributed by atoms with Gasteiger partial charge in [0.15, 0.2) is 5.83 Å². The SMILES string of the molecule is [C-]#[N+]C[C@H]1CN(c2nc(OC[C@H]3C[C@H](OC)CN3C)nc3c2COC(c2cccc4cccc(Cl)c24)C3)CCN1C(=O)C(=C)F. The van der Waals surface area contributed by atoms with E-state index in [1.54, 1.807) is 7.11 Å². The summed E-state index contributed by atoms with van der Waals surface area (Å²) in [6, 6.07) is 11.8. The zero-order valence-electron chi connectivity index (χ0n) is 25.4. The second kappa shape index (κ2) is 13.3. The zero-order valence-corrected chi connectivity index (χ0v) is 26.2. The lowest BCUT2D eigenvalue weighted by molar-refractivity contribution is -0.131. The third kappa shape index (κ3) is 6.33. The Hall–Kier alpha value is -3.82. The van der Waals surface area contributed by atoms with Crippen molar-refractivity contribution in [1.82, 2.24) is 19.8 Å². The van der Waals surface area contributed by atoms with Crippen molar-refractivity contribution in [2.45, 2.75) is 43.7 Å². The maximum absolute atomic E-state index is 13.8. The van der Waals surface area contributed by atoms with Gasteiger partial charge in [-0.3, -0.25) is 9.69 Å². The first-order valence-corrected chi connectivity index (χ1v) is 15.4. The number of anilines is 1. The fourth-order valence-corrected chi connectivity index (χ4v) is 6.94. The Bertz CT molecular complexity index is 1640. The number of hydrogen-bond donors (Lipinski definition) is 0. The number of aromatic nitrogens is 2. The molecule has 3 aliphatic heterocycles. The second-order valence-corrected chi connectivity index (χ2v) is 12.2. The number of benzene rings is 2. The zero-order chi connectivity index (χ0) is 31.7. The largest absolute Gasteiger partial charge is 0.462 e. The lowest BCUT2D eigenvalue weighted by Crippen LogP contribution is -2.57. The molecule has 0 aliphatic carbocycles. The summed E-state index contributed by atoms with van der Waals surface area (Å²) >= 11 is 6.66. The van der Waals surface area contributed by atoms with Crippen LogP contribution in [0.2, 0.25) is 5.02 Å². The summed E-state index contributed by atoms with van der Waals surface area (Å²) in [5, 5.41) is 2.65. The van der Waals surface area contributed by atoms with Crippen LogP contribution in [0.1, 0.15) is 29.3 Å². The van der Waals surface area contributed by atoms with E-state index in [9.17, 15) is 9.18 Å². The molecule has 1 amide bonds. The lowest BCUT2D eigenvalue weighted by Gasteiger charge is -2.40. The first kappa shape index (κ1) is 31.2. The number of nitrogens with zero attached hydrogens (tertiary/aromatic N) is 6. The molecule has 0 N–H and O–H groups in total. The Morgan fingerprint density at radius 3 is 2.73 bits per heavy atom. The minimum absolute atomic E-state index is 0.0290. The van der Waals surface area contributed by atoms with Gasteiger partial charge < -0.3 is 28.9 Å². The standard InChI is InChI=1S/C33H36ClFN6O4/c1-20(35)32(42)41-12-11-40(16-23(41)15-36-2)31-26-19-44-29(25-9-5-7-21-8-6-10-27(34)30(21)25)14-28(26)37-33(38-31)45-18-22-13-24(43-4)17-39(22)3/h5-10,22-24,29H,1,11-19H2,3-4H3/t22-,23+,24+,29?/m1/s1. The Morgan fingerprint density at radius 1 is 1.20 bits per heavy atom. The van der Waals surface area contributed by atoms with Crippen LogP contribution in [-0.2, 0) is 27.3 Å². The molecule has 1 unspecified atom stereocenters. The Kier molecular flexibility index (Phi) is 9.19. The first-order chi connectivity index (χ1) is 21.8. The summed E-state index contributed by atoms with van der Waals surface area (Å²) in [6.45, 7) is 13.0. The average molecular weight is 635 g/mol. The molecule has 2 aromatic carbocycles. The van der Waals surface area contributed by atoms with Gasteiger partial charge in [-0.2, -0.15) is 9.97 Å². The van der Waals surface area contributed by atoms with Crippen molar-refractivity contribution in [1.29, 1.82) is 0 Å². The fraction of sp³-hybridized carbons (Fsp3) is 0.455. The monoisotopic (exact) mass is 634 g/mol. The number of fused-ring (bicyclic) bond motifs is 2. The van der Waals surface area contributed by atoms with E-state index >= 15 is 0 Å². The van der Waals surface area contributed by atoms with Crippen LogP contribution in [0.4, 0.5) is 10.2 Å². The maximum Gasteiger partial charge on any atom is 0.318 e. The predicted molar refractivity (Wildman–Crippen MR) is 169 cm³/mol. The second-order valence-electron chi connectivity index (χ2n) is 11.8. The lowest BCUT2D eigenvalue weighted by atomic mass is 9.94. The average Bonchev–Trinajstić information content (AvgIpc) is 3.42. The van der Waals surface area contributed by atoms with Crippen LogP contribution < -0.4 is 9.64 Å². The first-order valence-electron chi connectivity index (χ1n) is 15.0. The van der Waals surface area contributed by atoms with E-state index < -0.39 is 17.8 Å². The molecule has 0 radical (unpaired) electrons. The molecule has 3 aromatic rings. The molecule has 4 heterocycles. The van der Waals surface area contributed by atoms with Crippen LogP contribution in [0.5, 0.6) is 6.01 Å². The van der Waals surface area contributed by atoms with E-state index in [0.29, 0.717) is 37.0 Å². The van der Waals surface area contributed by atoms with E-state index in [2.05, 4.69) is 16.3 Å². The van der Waals surface area contributed by atoms with Gasteiger partial charge >= 0.3 is 6.01 Å². The summed E-state index contributed by atoms with van der Waals surface area (Å²) in [7, 11) is 3.77. The third-order valence-corrected chi connectivity index (χ3v) is 9.37. The van der Waals surface area contributed by atoms with Gasteiger partial charge in [-0.1, -0.05) is 48.5 Å². The van der Waals surface area contributed by atoms with E-state index in [4.69, 9.17) is 42.4 Å². The Balaban J connectivity index is 1.33. The van der Waals surface area contributed by atoms with Crippen molar-refractivity contribution in [2.75, 3.05) is 58.4 Å². The molecule has 1 aromatic heterocycles. The van der Waals surface area contributed by atoms with Crippen molar-refractivity contribution in [2.24, 2.45) is 0 Å². The van der Waals surface area contributed by atoms with Crippen molar-refractivity contribution in [3.8, 4) is 6.01 Å². The summed E-state index contributed by atoms with van der Waals surface area (Å²) in [6.07, 6.45) is 1.18. The van der Waals surface area contributed by atoms with Gasteiger partial charge in [0.1, 0.15) is 18.5 Å². The maximum atomic E-state index is 13.8. The van der Waals surface area contributed by atoms with Gasteiger partial charge in [0, 0.05) is 61.7 Å². The highest BCUT2D eigenvalue weighted by molar-refractivity contribution is 6.35. The minimum Gasteiger partial charge on any atom is -0.462 e. The molecule has 2 saturated heterocycles. The molecular formula is C33H36ClFN6O4. The Labute approximate surface area is 267 Å². The van der Waals surface area contributed by atoms with Crippen molar-refractivity contribution < 1.29 is 23.4 Å². The molecule has 0 bridgehead atoms. The number of halogens is 2. The number of hydrogen-bond acceptors (Lipinski definition) is 8. The number of piperazine rings is 1. The van der Waals surface area contributed by atoms with Crippen LogP contribution in [0.15, 0.2) is 48.8 Å². The Morgan fingerprint density at radius 2 is 2.00 bits per heavy atom. The molecule has 10 nitrogen and oxygen atoms in total. The molecule has 3 aliphatic rings. The molecular weight excluding hydrogens is 599 g/mol. The van der Waals surface area contributed by atoms with E-state index in [1.165, 1.54) is 4.90 Å². The summed E-state index contributed by atoms with van der Waals surface area (Å²) in [4.78, 5) is 31.4. The van der Waals surface area contributed by atoms with Gasteiger partial charge in [-0.15, -0.1) is 0 Å². The highest BCUT2D eigenvalue weighted by atomic mass is 35.5. The third-order valence-electron chi connectivity index (χ3n) is 9.06. The molecule has 4 atom stereocenters. The number of methoxy groups -OCH3 is 1. The summed E-state index contributed by atoms with van der Waals surface area (Å²) in [5.74, 6) is -1.18. The summed E-state index contributed by atoms with van der Waals surface area (Å²) in [5.41, 5.74) is 2.63. The van der Waals surface area contributed by atoms with Crippen LogP contribution >= 0.6 is 11.6 Å². The highest BCUT2D eigenvalue weighted by Gasteiger charge is 2.37. The molecule has 236 valence electrons. The van der Waals surface area contributed by atoms with E-state index in [-0.39, 0.29) is 44.0 Å². The number of likely N-dealkylation sites (tertiary alicyclic amines) is 1. The van der Waals surface area contributed by atoms with Gasteiger partial charge in [0.2, 0.25) is 6.54 Å². The fourth-order valence-electron chi connectivity index (χ4n) is 6.64. The topological polar surface area (TPSA) is 84.6 Å². The normalized spacial score (nSPS) is 23.5. The molecule has 12 heteroatoms. The van der Waals surface area contributed by atoms with Gasteiger partial charge in [0.05, 0.1) is 24.5 Å². The van der Waals surface area contributed by atoms with Crippen molar-refractivity contribution in [3.63, 3.8) is 0 Å². The number of amides is 1. The van der Waals surface area contributed by atoms with Crippen LogP contribution in [0, 0.1) is 6.57 Å². The van der Waals surface area contributed by atoms with Crippen LogP contribution in [0.3, 0.4) is 0 Å². The number of likely N-dealkylation sites (N-methyl/N-ethyl adjacent to an activating group) is 1. The van der Waals surface area contributed by atoms with Gasteiger partial charge in [-0.25, -0.2) is 11.0 Å². The van der Waals surface area contributed by atoms with Gasteiger partial charge in [-0.05, 0) is 30.5 Å².